The number of hydrogen-bond acceptors (Lipinski definition) is 2. The Labute approximate surface area is 61.8 Å². The van der Waals surface area contributed by atoms with Gasteiger partial charge in [-0.2, -0.15) is 0 Å². The van der Waals surface area contributed by atoms with Crippen LogP contribution in [0.15, 0.2) is 12.2 Å². The molecule has 0 aromatic carbocycles. The van der Waals surface area contributed by atoms with E-state index in [1.807, 2.05) is 6.92 Å². The zero-order valence-electron chi connectivity index (χ0n) is 6.33. The molecular weight excluding hydrogens is 128 g/mol. The Balaban J connectivity index is 3.35. The Morgan fingerprint density at radius 3 is 2.90 bits per heavy atom. The molecule has 10 heavy (non-hydrogen) atoms. The largest absolute Gasteiger partial charge is 0.359 e. The molecule has 0 saturated heterocycles. The average Bonchev–Trinajstić information content (AvgIpc) is 1.97. The van der Waals surface area contributed by atoms with Gasteiger partial charge in [0.25, 0.3) is 0 Å². The second-order valence-electron chi connectivity index (χ2n) is 1.80. The number of methoxy groups -OCH3 is 1. The van der Waals surface area contributed by atoms with Gasteiger partial charge in [-0.05, 0) is 19.1 Å². The van der Waals surface area contributed by atoms with Crippen molar-refractivity contribution >= 4 is 0 Å². The molecule has 2 heteroatoms. The Hall–Kier alpha value is -0.780. The molecule has 1 atom stereocenters. The van der Waals surface area contributed by atoms with Gasteiger partial charge in [0.15, 0.2) is 0 Å². The average molecular weight is 140 g/mol. The molecule has 0 fully saturated rings. The molecule has 0 heterocycles. The summed E-state index contributed by atoms with van der Waals surface area (Å²) < 4.78 is 9.77. The molecule has 0 aliphatic rings. The van der Waals surface area contributed by atoms with Crippen molar-refractivity contribution in [1.82, 2.24) is 0 Å². The van der Waals surface area contributed by atoms with Crippen LogP contribution in [0.5, 0.6) is 0 Å². The van der Waals surface area contributed by atoms with Crippen molar-refractivity contribution in [1.29, 1.82) is 0 Å². The molecule has 0 radical (unpaired) electrons. The van der Waals surface area contributed by atoms with Gasteiger partial charge in [-0.15, -0.1) is 6.42 Å². The third kappa shape index (κ3) is 5.36. The molecule has 0 N–H and O–H groups in total. The second kappa shape index (κ2) is 6.34. The first kappa shape index (κ1) is 9.22. The summed E-state index contributed by atoms with van der Waals surface area (Å²) in [5.41, 5.74) is 0. The molecule has 1 unspecified atom stereocenters. The molecule has 0 bridgehead atoms. The van der Waals surface area contributed by atoms with Crippen molar-refractivity contribution in [2.75, 3.05) is 13.9 Å². The standard InChI is InChI=1S/C8H12O2/c1-4-5-6-8(2)10-7-9-3/h1,5-6,8H,7H2,2-3H3/b6-5+. The molecule has 0 spiro atoms. The Morgan fingerprint density at radius 1 is 1.70 bits per heavy atom. The van der Waals surface area contributed by atoms with Crippen LogP contribution in [0.4, 0.5) is 0 Å². The monoisotopic (exact) mass is 140 g/mol. The van der Waals surface area contributed by atoms with Crippen LogP contribution in [-0.2, 0) is 9.47 Å². The molecule has 0 aromatic rings. The Kier molecular flexibility index (Phi) is 5.85. The van der Waals surface area contributed by atoms with Gasteiger partial charge in [0.2, 0.25) is 0 Å². The summed E-state index contributed by atoms with van der Waals surface area (Å²) in [4.78, 5) is 0. The van der Waals surface area contributed by atoms with Crippen molar-refractivity contribution < 1.29 is 9.47 Å². The predicted octanol–water partition coefficient (Wildman–Crippen LogP) is 1.18. The van der Waals surface area contributed by atoms with E-state index < -0.39 is 0 Å². The van der Waals surface area contributed by atoms with E-state index in [4.69, 9.17) is 11.2 Å². The molecule has 0 aliphatic carbocycles. The SMILES string of the molecule is C#C/C=C/C(C)OCOC. The minimum atomic E-state index is 0.0241. The lowest BCUT2D eigenvalue weighted by Crippen LogP contribution is -2.06. The van der Waals surface area contributed by atoms with Crippen LogP contribution >= 0.6 is 0 Å². The van der Waals surface area contributed by atoms with Gasteiger partial charge >= 0.3 is 0 Å². The van der Waals surface area contributed by atoms with E-state index in [1.165, 1.54) is 0 Å². The van der Waals surface area contributed by atoms with E-state index in [2.05, 4.69) is 10.7 Å². The van der Waals surface area contributed by atoms with Gasteiger partial charge in [0, 0.05) is 7.11 Å². The fourth-order valence-corrected chi connectivity index (χ4v) is 0.422. The number of ether oxygens (including phenoxy) is 2. The zero-order chi connectivity index (χ0) is 7.82. The molecule has 0 amide bonds. The summed E-state index contributed by atoms with van der Waals surface area (Å²) in [5.74, 6) is 2.37. The summed E-state index contributed by atoms with van der Waals surface area (Å²) in [5, 5.41) is 0. The highest BCUT2D eigenvalue weighted by Crippen LogP contribution is 1.91. The van der Waals surface area contributed by atoms with Gasteiger partial charge in [-0.1, -0.05) is 5.92 Å². The summed E-state index contributed by atoms with van der Waals surface area (Å²) in [7, 11) is 1.58. The second-order valence-corrected chi connectivity index (χ2v) is 1.80. The third-order valence-electron chi connectivity index (χ3n) is 0.912. The predicted molar refractivity (Wildman–Crippen MR) is 40.4 cm³/mol. The normalized spacial score (nSPS) is 13.3. The molecule has 0 aliphatic heterocycles. The number of terminal acetylenes is 1. The Bertz CT molecular complexity index is 133. The first-order valence-corrected chi connectivity index (χ1v) is 3.04. The smallest absolute Gasteiger partial charge is 0.147 e. The van der Waals surface area contributed by atoms with Crippen LogP contribution in [0.25, 0.3) is 0 Å². The topological polar surface area (TPSA) is 18.5 Å². The minimum absolute atomic E-state index is 0.0241. The van der Waals surface area contributed by atoms with Crippen LogP contribution in [0, 0.1) is 12.3 Å². The van der Waals surface area contributed by atoms with E-state index in [-0.39, 0.29) is 6.10 Å². The Morgan fingerprint density at radius 2 is 2.40 bits per heavy atom. The van der Waals surface area contributed by atoms with Crippen LogP contribution in [0.2, 0.25) is 0 Å². The quantitative estimate of drug-likeness (QED) is 0.431. The highest BCUT2D eigenvalue weighted by atomic mass is 16.7. The fourth-order valence-electron chi connectivity index (χ4n) is 0.422. The van der Waals surface area contributed by atoms with Crippen molar-refractivity contribution in [3.05, 3.63) is 12.2 Å². The van der Waals surface area contributed by atoms with Crippen molar-refractivity contribution in [3.63, 3.8) is 0 Å². The van der Waals surface area contributed by atoms with Crippen molar-refractivity contribution in [2.24, 2.45) is 0 Å². The number of allylic oxidation sites excluding steroid dienone is 1. The fraction of sp³-hybridized carbons (Fsp3) is 0.500. The minimum Gasteiger partial charge on any atom is -0.359 e. The summed E-state index contributed by atoms with van der Waals surface area (Å²) in [6, 6.07) is 0. The van der Waals surface area contributed by atoms with Crippen LogP contribution in [-0.4, -0.2) is 20.0 Å². The highest BCUT2D eigenvalue weighted by Gasteiger charge is 1.92. The summed E-state index contributed by atoms with van der Waals surface area (Å²) >= 11 is 0. The number of rotatable bonds is 4. The summed E-state index contributed by atoms with van der Waals surface area (Å²) in [6.45, 7) is 2.20. The highest BCUT2D eigenvalue weighted by molar-refractivity contribution is 5.10. The van der Waals surface area contributed by atoms with Gasteiger partial charge in [-0.25, -0.2) is 0 Å². The first-order chi connectivity index (χ1) is 4.81. The lowest BCUT2D eigenvalue weighted by Gasteiger charge is -2.05. The van der Waals surface area contributed by atoms with E-state index in [1.54, 1.807) is 19.3 Å². The van der Waals surface area contributed by atoms with Crippen LogP contribution in [0.3, 0.4) is 0 Å². The summed E-state index contributed by atoms with van der Waals surface area (Å²) in [6.07, 6.45) is 8.41. The van der Waals surface area contributed by atoms with Gasteiger partial charge in [0.1, 0.15) is 6.79 Å². The maximum Gasteiger partial charge on any atom is 0.147 e. The van der Waals surface area contributed by atoms with E-state index in [0.717, 1.165) is 0 Å². The number of hydrogen-bond donors (Lipinski definition) is 0. The zero-order valence-corrected chi connectivity index (χ0v) is 6.33. The van der Waals surface area contributed by atoms with E-state index in [9.17, 15) is 0 Å². The van der Waals surface area contributed by atoms with E-state index in [0.29, 0.717) is 6.79 Å². The van der Waals surface area contributed by atoms with Gasteiger partial charge in [0.05, 0.1) is 6.10 Å². The van der Waals surface area contributed by atoms with Crippen molar-refractivity contribution in [2.45, 2.75) is 13.0 Å². The van der Waals surface area contributed by atoms with E-state index >= 15 is 0 Å². The molecule has 56 valence electrons. The van der Waals surface area contributed by atoms with Crippen LogP contribution in [0.1, 0.15) is 6.92 Å². The third-order valence-corrected chi connectivity index (χ3v) is 0.912. The van der Waals surface area contributed by atoms with Crippen molar-refractivity contribution in [3.8, 4) is 12.3 Å². The lowest BCUT2D eigenvalue weighted by atomic mass is 10.3. The maximum absolute atomic E-state index is 5.09. The molecule has 0 saturated carbocycles. The van der Waals surface area contributed by atoms with Crippen LogP contribution < -0.4 is 0 Å². The molecular formula is C8H12O2. The molecule has 2 nitrogen and oxygen atoms in total. The lowest BCUT2D eigenvalue weighted by molar-refractivity contribution is -0.0494. The maximum atomic E-state index is 5.09. The van der Waals surface area contributed by atoms with Gasteiger partial charge < -0.3 is 9.47 Å². The van der Waals surface area contributed by atoms with Gasteiger partial charge in [-0.3, -0.25) is 0 Å². The molecule has 0 aromatic heterocycles. The molecule has 0 rings (SSSR count). The first-order valence-electron chi connectivity index (χ1n) is 3.04.